The highest BCUT2D eigenvalue weighted by atomic mass is 127. The number of hydrogen-bond acceptors (Lipinski definition) is 2. The molecule has 0 saturated carbocycles. The van der Waals surface area contributed by atoms with Crippen LogP contribution < -0.4 is 5.32 Å². The van der Waals surface area contributed by atoms with E-state index in [0.717, 1.165) is 10.9 Å². The Kier molecular flexibility index (Phi) is 8.16. The molecule has 0 fully saturated rings. The molecule has 0 aliphatic rings. The summed E-state index contributed by atoms with van der Waals surface area (Å²) in [5, 5.41) is 8.57. The summed E-state index contributed by atoms with van der Waals surface area (Å²) in [5.74, 6) is -0.0928. The van der Waals surface area contributed by atoms with Gasteiger partial charge in [-0.15, -0.1) is 0 Å². The lowest BCUT2D eigenvalue weighted by molar-refractivity contribution is 0.0951. The fourth-order valence-electron chi connectivity index (χ4n) is 1.98. The van der Waals surface area contributed by atoms with Crippen LogP contribution in [0.1, 0.15) is 23.0 Å². The molecule has 1 aromatic carbocycles. The number of H-pyrrole nitrogens is 1. The highest BCUT2D eigenvalue weighted by Crippen LogP contribution is 2.71. The molecule has 0 bridgehead atoms. The van der Waals surface area contributed by atoms with Gasteiger partial charge in [-0.3, -0.25) is 4.79 Å². The molecule has 0 spiro atoms. The molecule has 10 heteroatoms. The van der Waals surface area contributed by atoms with Crippen LogP contribution in [0, 0.1) is 6.92 Å². The molecule has 5 nitrogen and oxygen atoms in total. The minimum Gasteiger partial charge on any atom is -0.351 e. The number of hydrogen-bond donors (Lipinski definition) is 2. The van der Waals surface area contributed by atoms with Gasteiger partial charge in [-0.25, -0.2) is 4.09 Å². The number of amides is 1. The lowest BCUT2D eigenvalue weighted by Crippen LogP contribution is -2.22. The molecule has 0 atom stereocenters. The molecular weight excluding hydrogens is 700 g/mol. The third kappa shape index (κ3) is 6.43. The largest absolute Gasteiger partial charge is 0.351 e. The van der Waals surface area contributed by atoms with Gasteiger partial charge in [0.25, 0.3) is 5.91 Å². The minimum atomic E-state index is -0.766. The monoisotopic (exact) mass is 716 g/mol. The van der Waals surface area contributed by atoms with Gasteiger partial charge in [0.1, 0.15) is 5.69 Å². The van der Waals surface area contributed by atoms with E-state index in [1.54, 1.807) is 12.1 Å². The van der Waals surface area contributed by atoms with Crippen molar-refractivity contribution in [3.63, 3.8) is 0 Å². The maximum absolute atomic E-state index is 11.5. The first-order valence-corrected chi connectivity index (χ1v) is 16.8. The smallest absolute Gasteiger partial charge is 0.267 e. The zero-order chi connectivity index (χ0) is 18.6. The van der Waals surface area contributed by atoms with Crippen LogP contribution in [-0.2, 0) is 0 Å². The Morgan fingerprint density at radius 2 is 2.08 bits per heavy atom. The number of benzene rings is 1. The van der Waals surface area contributed by atoms with Crippen LogP contribution in [0.5, 0.6) is 0 Å². The quantitative estimate of drug-likeness (QED) is 0.310. The fourth-order valence-corrected chi connectivity index (χ4v) is 4.54. The van der Waals surface area contributed by atoms with Crippen molar-refractivity contribution < 1.29 is 4.79 Å². The molecule has 2 N–H and O–H groups in total. The minimum absolute atomic E-state index is 0.0928. The second-order valence-electron chi connectivity index (χ2n) is 5.08. The highest BCUT2D eigenvalue weighted by Gasteiger charge is 2.13. The number of aryl methyl sites for hydroxylation is 1. The number of rotatable bonds is 3. The van der Waals surface area contributed by atoms with Gasteiger partial charge in [0.05, 0.1) is 6.20 Å². The van der Waals surface area contributed by atoms with Crippen molar-refractivity contribution >= 4 is 93.8 Å². The van der Waals surface area contributed by atoms with E-state index >= 15 is 0 Å². The number of carbonyl (C=O) groups excluding carboxylic acids is 1. The molecule has 0 aliphatic carbocycles. The third-order valence-corrected chi connectivity index (χ3v) is 7.56. The van der Waals surface area contributed by atoms with Gasteiger partial charge in [-0.05, 0) is 43.7 Å². The van der Waals surface area contributed by atoms with Gasteiger partial charge < -0.3 is 10.3 Å². The summed E-state index contributed by atoms with van der Waals surface area (Å²) in [6, 6.07) is 7.28. The molecule has 0 radical (unpaired) electrons. The van der Waals surface area contributed by atoms with Crippen LogP contribution in [0.2, 0.25) is 5.02 Å². The number of nitrogens with zero attached hydrogens (tertiary/aromatic N) is 2. The van der Waals surface area contributed by atoms with Crippen molar-refractivity contribution in [2.24, 2.45) is 0 Å². The number of aromatic nitrogens is 3. The molecule has 136 valence electrons. The van der Waals surface area contributed by atoms with Crippen molar-refractivity contribution in [3.05, 3.63) is 52.9 Å². The lowest BCUT2D eigenvalue weighted by atomic mass is 10.2. The van der Waals surface area contributed by atoms with Crippen molar-refractivity contribution in [2.75, 3.05) is 6.54 Å². The average molecular weight is 717 g/mol. The first-order valence-electron chi connectivity index (χ1n) is 7.21. The first kappa shape index (κ1) is 21.6. The molecule has 0 unspecified atom stereocenters. The van der Waals surface area contributed by atoms with Crippen molar-refractivity contribution in [1.29, 1.82) is 0 Å². The van der Waals surface area contributed by atoms with E-state index < -0.39 is 1.73 Å². The summed E-state index contributed by atoms with van der Waals surface area (Å²) in [7, 11) is 0. The van der Waals surface area contributed by atoms with Gasteiger partial charge in [-0.2, -0.15) is 5.10 Å². The predicted octanol–water partition coefficient (Wildman–Crippen LogP) is 6.38. The topological polar surface area (TPSA) is 62.7 Å². The van der Waals surface area contributed by atoms with Gasteiger partial charge in [0, 0.05) is 94.0 Å². The van der Waals surface area contributed by atoms with Crippen molar-refractivity contribution in [1.82, 2.24) is 19.5 Å². The number of carbonyl (C=O) groups is 1. The Hall–Kier alpha value is 0.270. The maximum atomic E-state index is 11.5. The van der Waals surface area contributed by atoms with Crippen LogP contribution in [0.4, 0.5) is 0 Å². The zero-order valence-electron chi connectivity index (χ0n) is 13.4. The summed E-state index contributed by atoms with van der Waals surface area (Å²) in [4.78, 5) is 14.6. The second-order valence-corrected chi connectivity index (χ2v) is 33.3. The van der Waals surface area contributed by atoms with Crippen LogP contribution >= 0.6 is 76.9 Å². The molecule has 25 heavy (non-hydrogen) atoms. The van der Waals surface area contributed by atoms with Crippen LogP contribution in [0.15, 0.2) is 36.7 Å². The fraction of sp³-hybridized carbons (Fsp3) is 0.200. The van der Waals surface area contributed by atoms with E-state index in [4.69, 9.17) is 11.6 Å². The molecule has 2 heterocycles. The molecule has 1 amide bonds. The van der Waals surface area contributed by atoms with E-state index in [0.29, 0.717) is 17.3 Å². The van der Waals surface area contributed by atoms with E-state index in [9.17, 15) is 4.79 Å². The molecular formula is C15H16ClI3N4OS. The van der Waals surface area contributed by atoms with Gasteiger partial charge in [0.15, 0.2) is 0 Å². The van der Waals surface area contributed by atoms with E-state index in [1.165, 1.54) is 5.56 Å². The van der Waals surface area contributed by atoms with Crippen molar-refractivity contribution in [2.45, 2.75) is 13.8 Å². The Labute approximate surface area is 189 Å². The van der Waals surface area contributed by atoms with E-state index in [2.05, 4.69) is 92.1 Å². The molecule has 0 saturated heterocycles. The van der Waals surface area contributed by atoms with Crippen LogP contribution in [0.3, 0.4) is 0 Å². The second kappa shape index (κ2) is 9.46. The number of fused-ring (bicyclic) bond motifs is 1. The molecule has 3 aromatic rings. The Morgan fingerprint density at radius 1 is 1.36 bits per heavy atom. The summed E-state index contributed by atoms with van der Waals surface area (Å²) >= 11 is 13.1. The number of halogens is 4. The normalized spacial score (nSPS) is 11.8. The summed E-state index contributed by atoms with van der Waals surface area (Å²) in [6.45, 7) is 4.56. The van der Waals surface area contributed by atoms with Gasteiger partial charge in [-0.1, -0.05) is 11.6 Å². The Balaban J connectivity index is 0.000000196. The highest BCUT2D eigenvalue weighted by molar-refractivity contribution is 14.5. The zero-order valence-corrected chi connectivity index (χ0v) is 21.4. The van der Waals surface area contributed by atoms with Gasteiger partial charge in [0.2, 0.25) is 0 Å². The molecule has 2 aromatic heterocycles. The number of nitrogens with one attached hydrogen (secondary N) is 2. The summed E-state index contributed by atoms with van der Waals surface area (Å²) in [5.41, 5.74) is 2.71. The van der Waals surface area contributed by atoms with E-state index in [1.807, 2.05) is 29.3 Å². The third-order valence-electron chi connectivity index (χ3n) is 3.07. The predicted molar refractivity (Wildman–Crippen MR) is 133 cm³/mol. The maximum Gasteiger partial charge on any atom is 0.267 e. The Morgan fingerprint density at radius 3 is 2.60 bits per heavy atom. The summed E-state index contributed by atoms with van der Waals surface area (Å²) in [6.07, 6.45) is 3.96. The van der Waals surface area contributed by atoms with Crippen molar-refractivity contribution in [3.8, 4) is 0 Å². The van der Waals surface area contributed by atoms with E-state index in [-0.39, 0.29) is 5.91 Å². The van der Waals surface area contributed by atoms with Crippen LogP contribution in [0.25, 0.3) is 10.9 Å². The lowest BCUT2D eigenvalue weighted by Gasteiger charge is -2.16. The average Bonchev–Trinajstić information content (AvgIpc) is 3.13. The van der Waals surface area contributed by atoms with Gasteiger partial charge >= 0.3 is 0 Å². The molecule has 0 aliphatic heterocycles. The standard InChI is InChI=1S/C11H11ClN2O.C4H5I3N2S/c1-2-13-11(15)10-6-7-5-8(12)3-4-9(7)14-10;1-4-2-8-9(3-4)10(5,6)7/h3-6,14H,2H2,1H3,(H,13,15);2-3H,1H3. The number of aromatic amines is 1. The first-order chi connectivity index (χ1) is 11.7. The van der Waals surface area contributed by atoms with Crippen LogP contribution in [-0.4, -0.2) is 26.6 Å². The summed E-state index contributed by atoms with van der Waals surface area (Å²) < 4.78 is 1.25. The molecule has 3 rings (SSSR count). The Bertz CT molecular complexity index is 875. The SMILES string of the molecule is CCNC(=O)c1cc2cc(Cl)ccc2[nH]1.Cc1cnn(S(I)(I)I)c1.